The van der Waals surface area contributed by atoms with Crippen molar-refractivity contribution in [1.29, 1.82) is 0 Å². The van der Waals surface area contributed by atoms with Gasteiger partial charge in [-0.3, -0.25) is 0 Å². The molecule has 0 aliphatic heterocycles. The van der Waals surface area contributed by atoms with Crippen LogP contribution in [-0.4, -0.2) is 15.8 Å². The molecule has 0 amide bonds. The Labute approximate surface area is 92.1 Å². The zero-order valence-electron chi connectivity index (χ0n) is 6.86. The van der Waals surface area contributed by atoms with Gasteiger partial charge in [-0.25, -0.2) is 4.98 Å². The third-order valence-corrected chi connectivity index (χ3v) is 3.61. The third-order valence-electron chi connectivity index (χ3n) is 1.12. The van der Waals surface area contributed by atoms with E-state index < -0.39 is 11.4 Å². The second kappa shape index (κ2) is 4.90. The molecule has 0 fully saturated rings. The van der Waals surface area contributed by atoms with Crippen molar-refractivity contribution < 1.29 is 4.55 Å². The number of allylic oxidation sites excluding steroid dienone is 1. The highest BCUT2D eigenvalue weighted by atomic mass is 79.9. The smallest absolute Gasteiger partial charge is 0.149 e. The predicted molar refractivity (Wildman–Crippen MR) is 60.4 cm³/mol. The maximum absolute atomic E-state index is 11.1. The second-order valence-corrected chi connectivity index (χ2v) is 5.78. The lowest BCUT2D eigenvalue weighted by Crippen LogP contribution is -1.96. The van der Waals surface area contributed by atoms with Crippen molar-refractivity contribution in [1.82, 2.24) is 4.98 Å². The number of aromatic nitrogens is 1. The van der Waals surface area contributed by atoms with Gasteiger partial charge in [0.25, 0.3) is 0 Å². The molecule has 0 N–H and O–H groups in total. The molecule has 0 bridgehead atoms. The summed E-state index contributed by atoms with van der Waals surface area (Å²) in [5.41, 5.74) is 2.38. The van der Waals surface area contributed by atoms with Gasteiger partial charge in [-0.15, -0.1) is 11.3 Å². The van der Waals surface area contributed by atoms with E-state index in [1.54, 1.807) is 12.4 Å². The Morgan fingerprint density at radius 2 is 2.62 bits per heavy atom. The Balaban J connectivity index is 2.69. The van der Waals surface area contributed by atoms with Crippen molar-refractivity contribution in [3.8, 4) is 0 Å². The molecule has 0 saturated carbocycles. The van der Waals surface area contributed by atoms with Crippen molar-refractivity contribution >= 4 is 44.8 Å². The van der Waals surface area contributed by atoms with Crippen LogP contribution in [0, 0.1) is 0 Å². The molecule has 0 radical (unpaired) electrons. The average molecular weight is 279 g/mol. The zero-order chi connectivity index (χ0) is 9.84. The molecule has 3 nitrogen and oxygen atoms in total. The van der Waals surface area contributed by atoms with Gasteiger partial charge in [0.05, 0.1) is 9.30 Å². The minimum atomic E-state index is -1.35. The largest absolute Gasteiger partial charge is 0.586 e. The number of halogens is 1. The third kappa shape index (κ3) is 3.22. The summed E-state index contributed by atoms with van der Waals surface area (Å²) < 4.78 is 15.8. The molecule has 1 rings (SSSR count). The number of rotatable bonds is 3. The molecule has 1 heterocycles. The lowest BCUT2D eigenvalue weighted by atomic mass is 10.6. The highest BCUT2D eigenvalue weighted by Crippen LogP contribution is 2.19. The molecule has 1 aromatic heterocycles. The first-order valence-electron chi connectivity index (χ1n) is 3.31. The van der Waals surface area contributed by atoms with Crippen LogP contribution in [0.1, 0.15) is 12.6 Å². The summed E-state index contributed by atoms with van der Waals surface area (Å²) in [7, 11) is 0. The molecule has 1 atom stereocenters. The van der Waals surface area contributed by atoms with E-state index in [9.17, 15) is 4.55 Å². The van der Waals surface area contributed by atoms with E-state index in [1.165, 1.54) is 17.6 Å². The summed E-state index contributed by atoms with van der Waals surface area (Å²) in [4.78, 5) is 4.54. The molecule has 70 valence electrons. The lowest BCUT2D eigenvalue weighted by Gasteiger charge is -1.98. The van der Waals surface area contributed by atoms with Gasteiger partial charge in [0.15, 0.2) is 0 Å². The van der Waals surface area contributed by atoms with E-state index in [0.717, 1.165) is 3.79 Å². The summed E-state index contributed by atoms with van der Waals surface area (Å²) in [5, 5.41) is 0. The van der Waals surface area contributed by atoms with E-state index in [0.29, 0.717) is 10.6 Å². The van der Waals surface area contributed by atoms with Crippen LogP contribution >= 0.6 is 27.3 Å². The van der Waals surface area contributed by atoms with Crippen LogP contribution in [0.5, 0.6) is 0 Å². The van der Waals surface area contributed by atoms with E-state index in [-0.39, 0.29) is 0 Å². The molecule has 0 aliphatic carbocycles. The Bertz CT molecular complexity index is 337. The molecule has 0 unspecified atom stereocenters. The first-order chi connectivity index (χ1) is 6.11. The fraction of sp³-hybridized carbons (Fsp3) is 0.143. The summed E-state index contributed by atoms with van der Waals surface area (Å²) >= 11 is 3.41. The number of hydrogen-bond acceptors (Lipinski definition) is 4. The van der Waals surface area contributed by atoms with Crippen LogP contribution in [0.25, 0.3) is 0 Å². The number of hydrogen-bond donors (Lipinski definition) is 0. The number of thiazole rings is 1. The Kier molecular flexibility index (Phi) is 4.11. The Hall–Kier alpha value is -0.170. The second-order valence-electron chi connectivity index (χ2n) is 2.20. The van der Waals surface area contributed by atoms with Gasteiger partial charge in [-0.2, -0.15) is 0 Å². The van der Waals surface area contributed by atoms with Crippen molar-refractivity contribution in [2.45, 2.75) is 6.92 Å². The van der Waals surface area contributed by atoms with E-state index in [1.807, 2.05) is 0 Å². The van der Waals surface area contributed by atoms with Gasteiger partial charge < -0.3 is 4.55 Å². The molecule has 0 aliphatic rings. The highest BCUT2D eigenvalue weighted by molar-refractivity contribution is 9.11. The summed E-state index contributed by atoms with van der Waals surface area (Å²) in [6, 6.07) is 0. The van der Waals surface area contributed by atoms with Crippen LogP contribution in [0.4, 0.5) is 0 Å². The van der Waals surface area contributed by atoms with Crippen LogP contribution in [0.3, 0.4) is 0 Å². The van der Waals surface area contributed by atoms with Crippen LogP contribution in [0.15, 0.2) is 25.2 Å². The van der Waals surface area contributed by atoms with Crippen LogP contribution in [0.2, 0.25) is 0 Å². The van der Waals surface area contributed by atoms with Gasteiger partial charge in [0.1, 0.15) is 28.2 Å². The fourth-order valence-electron chi connectivity index (χ4n) is 0.512. The Morgan fingerprint density at radius 3 is 3.08 bits per heavy atom. The maximum Gasteiger partial charge on any atom is 0.149 e. The van der Waals surface area contributed by atoms with Gasteiger partial charge in [0, 0.05) is 6.92 Å². The SMILES string of the molecule is C=C(C)[S@+]([O-])/N=C/c1ncsc1Br. The quantitative estimate of drug-likeness (QED) is 0.630. The molecule has 0 aromatic carbocycles. The molecule has 0 spiro atoms. The van der Waals surface area contributed by atoms with Gasteiger partial charge in [-0.1, -0.05) is 4.40 Å². The van der Waals surface area contributed by atoms with Crippen LogP contribution in [-0.2, 0) is 11.4 Å². The topological polar surface area (TPSA) is 48.3 Å². The molecule has 13 heavy (non-hydrogen) atoms. The van der Waals surface area contributed by atoms with Gasteiger partial charge in [-0.05, 0) is 22.5 Å². The van der Waals surface area contributed by atoms with Gasteiger partial charge >= 0.3 is 0 Å². The van der Waals surface area contributed by atoms with E-state index in [2.05, 4.69) is 31.9 Å². The molecule has 6 heteroatoms. The summed E-state index contributed by atoms with van der Waals surface area (Å²) in [5.74, 6) is 0. The summed E-state index contributed by atoms with van der Waals surface area (Å²) in [6.07, 6.45) is 1.48. The fourth-order valence-corrected chi connectivity index (χ4v) is 1.83. The standard InChI is InChI=1S/C7H7BrN2OS2/c1-5(2)13(11)10-3-6-7(8)12-4-9-6/h3-4H,1H2,2H3/b10-3+/t13-/m0/s1. The predicted octanol–water partition coefficient (Wildman–Crippen LogP) is 2.52. The van der Waals surface area contributed by atoms with Crippen molar-refractivity contribution in [3.05, 3.63) is 26.5 Å². The Morgan fingerprint density at radius 1 is 1.92 bits per heavy atom. The minimum Gasteiger partial charge on any atom is -0.586 e. The van der Waals surface area contributed by atoms with E-state index in [4.69, 9.17) is 0 Å². The van der Waals surface area contributed by atoms with Gasteiger partial charge in [0.2, 0.25) is 0 Å². The zero-order valence-corrected chi connectivity index (χ0v) is 10.1. The molecular weight excluding hydrogens is 272 g/mol. The first-order valence-corrected chi connectivity index (χ1v) is 6.09. The average Bonchev–Trinajstić information content (AvgIpc) is 2.47. The van der Waals surface area contributed by atoms with Crippen molar-refractivity contribution in [2.75, 3.05) is 0 Å². The number of nitrogens with zero attached hydrogens (tertiary/aromatic N) is 2. The monoisotopic (exact) mass is 278 g/mol. The maximum atomic E-state index is 11.1. The molecule has 1 aromatic rings. The minimum absolute atomic E-state index is 0.530. The van der Waals surface area contributed by atoms with Crippen molar-refractivity contribution in [3.63, 3.8) is 0 Å². The lowest BCUT2D eigenvalue weighted by molar-refractivity contribution is 0.603. The summed E-state index contributed by atoms with van der Waals surface area (Å²) in [6.45, 7) is 5.20. The highest BCUT2D eigenvalue weighted by Gasteiger charge is 2.05. The van der Waals surface area contributed by atoms with Crippen molar-refractivity contribution in [2.24, 2.45) is 4.40 Å². The van der Waals surface area contributed by atoms with E-state index >= 15 is 0 Å². The first kappa shape index (κ1) is 10.9. The molecular formula is C7H7BrN2OS2. The molecule has 0 saturated heterocycles. The normalized spacial score (nSPS) is 13.5. The van der Waals surface area contributed by atoms with Crippen LogP contribution < -0.4 is 0 Å².